The molecule has 2 heteroatoms. The SMILES string of the molecule is C1=C([Si]C(c2ccccc2)c2ccccc2)OCCC1. The summed E-state index contributed by atoms with van der Waals surface area (Å²) in [6.07, 6.45) is 4.56. The molecule has 0 aliphatic carbocycles. The van der Waals surface area contributed by atoms with Crippen LogP contribution in [0.5, 0.6) is 0 Å². The Morgan fingerprint density at radius 3 is 1.95 bits per heavy atom. The van der Waals surface area contributed by atoms with E-state index in [-0.39, 0.29) is 0 Å². The first kappa shape index (κ1) is 13.2. The molecule has 0 N–H and O–H groups in total. The third-order valence-electron chi connectivity index (χ3n) is 3.49. The maximum absolute atomic E-state index is 5.82. The number of ether oxygens (including phenoxy) is 1. The zero-order valence-electron chi connectivity index (χ0n) is 11.5. The standard InChI is InChI=1S/C18H18OSi/c1-3-9-15(10-4-1)18(16-11-5-2-6-12-16)20-17-13-7-8-14-19-17/h1-6,9-13,18H,7-8,14H2. The van der Waals surface area contributed by atoms with Gasteiger partial charge in [-0.15, -0.1) is 0 Å². The second-order valence-electron chi connectivity index (χ2n) is 4.96. The molecule has 2 aromatic rings. The van der Waals surface area contributed by atoms with E-state index in [1.54, 1.807) is 0 Å². The Balaban J connectivity index is 1.89. The normalized spacial score (nSPS) is 14.8. The number of hydrogen-bond donors (Lipinski definition) is 0. The predicted molar refractivity (Wildman–Crippen MR) is 83.8 cm³/mol. The van der Waals surface area contributed by atoms with Crippen molar-refractivity contribution in [1.82, 2.24) is 0 Å². The minimum atomic E-state index is 0.404. The van der Waals surface area contributed by atoms with Crippen LogP contribution >= 0.6 is 0 Å². The fourth-order valence-corrected chi connectivity index (χ4v) is 3.90. The van der Waals surface area contributed by atoms with Crippen molar-refractivity contribution in [3.05, 3.63) is 83.2 Å². The van der Waals surface area contributed by atoms with Crippen LogP contribution in [-0.2, 0) is 4.74 Å². The summed E-state index contributed by atoms with van der Waals surface area (Å²) >= 11 is 0. The predicted octanol–water partition coefficient (Wildman–Crippen LogP) is 4.13. The van der Waals surface area contributed by atoms with Crippen LogP contribution in [0.4, 0.5) is 0 Å². The van der Waals surface area contributed by atoms with Gasteiger partial charge in [0.1, 0.15) is 9.52 Å². The van der Waals surface area contributed by atoms with Crippen LogP contribution < -0.4 is 0 Å². The molecule has 100 valence electrons. The maximum atomic E-state index is 5.82. The highest BCUT2D eigenvalue weighted by atomic mass is 28.2. The Bertz CT molecular complexity index is 523. The van der Waals surface area contributed by atoms with Crippen molar-refractivity contribution in [1.29, 1.82) is 0 Å². The van der Waals surface area contributed by atoms with Crippen LogP contribution in [0, 0.1) is 0 Å². The van der Waals surface area contributed by atoms with Gasteiger partial charge in [0.15, 0.2) is 0 Å². The van der Waals surface area contributed by atoms with E-state index >= 15 is 0 Å². The molecule has 1 aliphatic heterocycles. The molecule has 0 bridgehead atoms. The van der Waals surface area contributed by atoms with Gasteiger partial charge in [0.05, 0.1) is 12.0 Å². The van der Waals surface area contributed by atoms with E-state index in [9.17, 15) is 0 Å². The minimum absolute atomic E-state index is 0.404. The molecular formula is C18H18OSi. The topological polar surface area (TPSA) is 9.23 Å². The van der Waals surface area contributed by atoms with E-state index in [0.717, 1.165) is 19.4 Å². The van der Waals surface area contributed by atoms with E-state index in [0.29, 0.717) is 15.1 Å². The van der Waals surface area contributed by atoms with Crippen molar-refractivity contribution >= 4 is 9.52 Å². The number of allylic oxidation sites excluding steroid dienone is 1. The number of rotatable bonds is 4. The zero-order valence-corrected chi connectivity index (χ0v) is 12.5. The van der Waals surface area contributed by atoms with Crippen molar-refractivity contribution in [2.24, 2.45) is 0 Å². The van der Waals surface area contributed by atoms with E-state index < -0.39 is 0 Å². The maximum Gasteiger partial charge on any atom is 0.144 e. The molecule has 0 aromatic heterocycles. The first-order chi connectivity index (χ1) is 9.93. The van der Waals surface area contributed by atoms with Crippen LogP contribution in [-0.4, -0.2) is 16.1 Å². The first-order valence-corrected chi connectivity index (χ1v) is 8.20. The second kappa shape index (κ2) is 6.57. The molecule has 0 amide bonds. The quantitative estimate of drug-likeness (QED) is 0.764. The highest BCUT2D eigenvalue weighted by Crippen LogP contribution is 2.26. The van der Waals surface area contributed by atoms with Crippen molar-refractivity contribution in [2.75, 3.05) is 6.61 Å². The molecule has 2 radical (unpaired) electrons. The Morgan fingerprint density at radius 1 is 0.850 bits per heavy atom. The van der Waals surface area contributed by atoms with Gasteiger partial charge in [0, 0.05) is 5.54 Å². The van der Waals surface area contributed by atoms with Crippen molar-refractivity contribution in [3.63, 3.8) is 0 Å². The van der Waals surface area contributed by atoms with Gasteiger partial charge in [0.25, 0.3) is 0 Å². The van der Waals surface area contributed by atoms with Crippen molar-refractivity contribution in [2.45, 2.75) is 18.4 Å². The molecule has 0 saturated heterocycles. The van der Waals surface area contributed by atoms with E-state index in [1.807, 2.05) is 0 Å². The lowest BCUT2D eigenvalue weighted by Crippen LogP contribution is -2.16. The Labute approximate surface area is 123 Å². The van der Waals surface area contributed by atoms with Gasteiger partial charge >= 0.3 is 0 Å². The van der Waals surface area contributed by atoms with Gasteiger partial charge in [-0.1, -0.05) is 66.7 Å². The molecule has 1 nitrogen and oxygen atoms in total. The summed E-state index contributed by atoms with van der Waals surface area (Å²) in [5.74, 6) is 0. The lowest BCUT2D eigenvalue weighted by Gasteiger charge is -2.21. The fraction of sp³-hybridized carbons (Fsp3) is 0.222. The fourth-order valence-electron chi connectivity index (χ4n) is 2.45. The summed E-state index contributed by atoms with van der Waals surface area (Å²) in [5, 5.41) is 1.17. The van der Waals surface area contributed by atoms with Gasteiger partial charge in [-0.2, -0.15) is 0 Å². The summed E-state index contributed by atoms with van der Waals surface area (Å²) in [5.41, 5.74) is 3.14. The minimum Gasteiger partial charge on any atom is -0.504 e. The van der Waals surface area contributed by atoms with Crippen LogP contribution in [0.25, 0.3) is 0 Å². The third-order valence-corrected chi connectivity index (χ3v) is 5.08. The summed E-state index contributed by atoms with van der Waals surface area (Å²) in [7, 11) is 0.666. The van der Waals surface area contributed by atoms with E-state index in [2.05, 4.69) is 66.7 Å². The highest BCUT2D eigenvalue weighted by molar-refractivity contribution is 6.47. The molecule has 1 heterocycles. The molecule has 0 fully saturated rings. The molecule has 0 saturated carbocycles. The molecule has 2 aromatic carbocycles. The average Bonchev–Trinajstić information content (AvgIpc) is 2.55. The van der Waals surface area contributed by atoms with Gasteiger partial charge in [-0.05, 0) is 24.0 Å². The summed E-state index contributed by atoms with van der Waals surface area (Å²) < 4.78 is 5.82. The summed E-state index contributed by atoms with van der Waals surface area (Å²) in [4.78, 5) is 0. The van der Waals surface area contributed by atoms with Crippen LogP contribution in [0.1, 0.15) is 29.5 Å². The molecule has 0 unspecified atom stereocenters. The van der Waals surface area contributed by atoms with E-state index in [4.69, 9.17) is 4.74 Å². The largest absolute Gasteiger partial charge is 0.504 e. The molecule has 3 rings (SSSR count). The van der Waals surface area contributed by atoms with Gasteiger partial charge in [-0.25, -0.2) is 0 Å². The monoisotopic (exact) mass is 278 g/mol. The average molecular weight is 278 g/mol. The van der Waals surface area contributed by atoms with Crippen LogP contribution in [0.3, 0.4) is 0 Å². The lowest BCUT2D eigenvalue weighted by atomic mass is 10.0. The summed E-state index contributed by atoms with van der Waals surface area (Å²) in [6, 6.07) is 21.5. The molecule has 0 spiro atoms. The Hall–Kier alpha value is -1.80. The third kappa shape index (κ3) is 3.20. The molecule has 1 aliphatic rings. The number of benzene rings is 2. The second-order valence-corrected chi connectivity index (χ2v) is 6.32. The van der Waals surface area contributed by atoms with Gasteiger partial charge in [-0.3, -0.25) is 0 Å². The smallest absolute Gasteiger partial charge is 0.144 e. The van der Waals surface area contributed by atoms with Gasteiger partial charge in [0.2, 0.25) is 0 Å². The van der Waals surface area contributed by atoms with Gasteiger partial charge < -0.3 is 4.74 Å². The Morgan fingerprint density at radius 2 is 1.45 bits per heavy atom. The van der Waals surface area contributed by atoms with Crippen LogP contribution in [0.2, 0.25) is 0 Å². The first-order valence-electron chi connectivity index (χ1n) is 7.13. The zero-order chi connectivity index (χ0) is 13.6. The van der Waals surface area contributed by atoms with E-state index in [1.165, 1.54) is 16.5 Å². The molecule has 20 heavy (non-hydrogen) atoms. The molecular weight excluding hydrogens is 260 g/mol. The van der Waals surface area contributed by atoms with Crippen molar-refractivity contribution in [3.8, 4) is 0 Å². The molecule has 0 atom stereocenters. The highest BCUT2D eigenvalue weighted by Gasteiger charge is 2.19. The van der Waals surface area contributed by atoms with Crippen molar-refractivity contribution < 1.29 is 4.74 Å². The van der Waals surface area contributed by atoms with Crippen LogP contribution in [0.15, 0.2) is 72.1 Å². The number of hydrogen-bond acceptors (Lipinski definition) is 1. The Kier molecular flexibility index (Phi) is 4.34. The lowest BCUT2D eigenvalue weighted by molar-refractivity contribution is 0.215. The summed E-state index contributed by atoms with van der Waals surface area (Å²) in [6.45, 7) is 0.870.